The Labute approximate surface area is 101 Å². The Bertz CT molecular complexity index is 373. The Kier molecular flexibility index (Phi) is 3.92. The van der Waals surface area contributed by atoms with Crippen molar-refractivity contribution in [2.75, 3.05) is 7.05 Å². The molecule has 0 aliphatic heterocycles. The SMILES string of the molecule is CCC(C)(C)N(C)C(=O)c1ccc(Cl)nc1. The first-order chi connectivity index (χ1) is 7.38. The summed E-state index contributed by atoms with van der Waals surface area (Å²) in [7, 11) is 1.81. The molecule has 4 heteroatoms. The number of hydrogen-bond acceptors (Lipinski definition) is 2. The molecule has 0 aliphatic carbocycles. The van der Waals surface area contributed by atoms with Gasteiger partial charge in [-0.15, -0.1) is 0 Å². The highest BCUT2D eigenvalue weighted by Gasteiger charge is 2.26. The van der Waals surface area contributed by atoms with Crippen molar-refractivity contribution in [1.29, 1.82) is 0 Å². The van der Waals surface area contributed by atoms with Gasteiger partial charge in [0.2, 0.25) is 0 Å². The lowest BCUT2D eigenvalue weighted by Crippen LogP contribution is -2.44. The average molecular weight is 241 g/mol. The second kappa shape index (κ2) is 4.83. The van der Waals surface area contributed by atoms with Gasteiger partial charge in [0.1, 0.15) is 5.15 Å². The molecule has 0 atom stereocenters. The summed E-state index contributed by atoms with van der Waals surface area (Å²) in [5.74, 6) is -0.0315. The van der Waals surface area contributed by atoms with Gasteiger partial charge in [0, 0.05) is 18.8 Å². The molecule has 88 valence electrons. The Balaban J connectivity index is 2.90. The van der Waals surface area contributed by atoms with Gasteiger partial charge in [0.05, 0.1) is 5.56 Å². The molecule has 0 saturated carbocycles. The quantitative estimate of drug-likeness (QED) is 0.761. The lowest BCUT2D eigenvalue weighted by molar-refractivity contribution is 0.0620. The van der Waals surface area contributed by atoms with Crippen molar-refractivity contribution in [3.05, 3.63) is 29.0 Å². The van der Waals surface area contributed by atoms with Crippen LogP contribution in [-0.2, 0) is 0 Å². The molecule has 0 bridgehead atoms. The zero-order valence-corrected chi connectivity index (χ0v) is 10.9. The molecular weight excluding hydrogens is 224 g/mol. The molecule has 0 saturated heterocycles. The minimum atomic E-state index is -0.156. The topological polar surface area (TPSA) is 33.2 Å². The molecule has 1 amide bonds. The highest BCUT2D eigenvalue weighted by atomic mass is 35.5. The van der Waals surface area contributed by atoms with Crippen molar-refractivity contribution in [2.24, 2.45) is 0 Å². The van der Waals surface area contributed by atoms with Gasteiger partial charge in [-0.1, -0.05) is 18.5 Å². The summed E-state index contributed by atoms with van der Waals surface area (Å²) in [4.78, 5) is 17.7. The largest absolute Gasteiger partial charge is 0.337 e. The maximum atomic E-state index is 12.1. The van der Waals surface area contributed by atoms with Crippen LogP contribution in [0.25, 0.3) is 0 Å². The number of nitrogens with zero attached hydrogens (tertiary/aromatic N) is 2. The minimum absolute atomic E-state index is 0.0315. The third-order valence-corrected chi connectivity index (χ3v) is 3.28. The zero-order valence-electron chi connectivity index (χ0n) is 10.1. The Morgan fingerprint density at radius 1 is 1.50 bits per heavy atom. The van der Waals surface area contributed by atoms with E-state index in [0.717, 1.165) is 6.42 Å². The van der Waals surface area contributed by atoms with Crippen molar-refractivity contribution < 1.29 is 4.79 Å². The van der Waals surface area contributed by atoms with E-state index in [1.165, 1.54) is 6.20 Å². The molecule has 1 rings (SSSR count). The van der Waals surface area contributed by atoms with Crippen LogP contribution in [0.5, 0.6) is 0 Å². The number of carbonyl (C=O) groups is 1. The first-order valence-corrected chi connectivity index (χ1v) is 5.66. The number of aromatic nitrogens is 1. The van der Waals surface area contributed by atoms with Gasteiger partial charge < -0.3 is 4.90 Å². The summed E-state index contributed by atoms with van der Waals surface area (Å²) in [5, 5.41) is 0.397. The third kappa shape index (κ3) is 2.73. The van der Waals surface area contributed by atoms with Crippen molar-refractivity contribution >= 4 is 17.5 Å². The molecule has 1 aromatic rings. The summed E-state index contributed by atoms with van der Waals surface area (Å²) in [5.41, 5.74) is 0.407. The number of halogens is 1. The van der Waals surface area contributed by atoms with Crippen molar-refractivity contribution in [3.63, 3.8) is 0 Å². The number of rotatable bonds is 3. The van der Waals surface area contributed by atoms with Crippen molar-refractivity contribution in [2.45, 2.75) is 32.7 Å². The smallest absolute Gasteiger partial charge is 0.255 e. The summed E-state index contributed by atoms with van der Waals surface area (Å²) in [6.07, 6.45) is 2.41. The van der Waals surface area contributed by atoms with E-state index < -0.39 is 0 Å². The second-order valence-electron chi connectivity index (χ2n) is 4.40. The van der Waals surface area contributed by atoms with Gasteiger partial charge in [-0.25, -0.2) is 4.98 Å². The average Bonchev–Trinajstić information content (AvgIpc) is 2.28. The van der Waals surface area contributed by atoms with Crippen LogP contribution >= 0.6 is 11.6 Å². The summed E-state index contributed by atoms with van der Waals surface area (Å²) in [6, 6.07) is 3.32. The van der Waals surface area contributed by atoms with Crippen LogP contribution in [0.2, 0.25) is 5.15 Å². The Morgan fingerprint density at radius 3 is 2.56 bits per heavy atom. The molecule has 1 aromatic heterocycles. The zero-order chi connectivity index (χ0) is 12.3. The summed E-state index contributed by atoms with van der Waals surface area (Å²) in [6.45, 7) is 6.13. The number of carbonyl (C=O) groups excluding carboxylic acids is 1. The number of pyridine rings is 1. The molecule has 0 radical (unpaired) electrons. The van der Waals surface area contributed by atoms with E-state index in [1.54, 1.807) is 24.1 Å². The number of hydrogen-bond donors (Lipinski definition) is 0. The standard InChI is InChI=1S/C12H17ClN2O/c1-5-12(2,3)15(4)11(16)9-6-7-10(13)14-8-9/h6-8H,5H2,1-4H3. The first kappa shape index (κ1) is 13.0. The molecule has 0 aromatic carbocycles. The van der Waals surface area contributed by atoms with Crippen molar-refractivity contribution in [1.82, 2.24) is 9.88 Å². The lowest BCUT2D eigenvalue weighted by Gasteiger charge is -2.34. The second-order valence-corrected chi connectivity index (χ2v) is 4.79. The van der Waals surface area contributed by atoms with Gasteiger partial charge in [-0.2, -0.15) is 0 Å². The van der Waals surface area contributed by atoms with E-state index in [2.05, 4.69) is 11.9 Å². The Hall–Kier alpha value is -1.09. The highest BCUT2D eigenvalue weighted by molar-refractivity contribution is 6.29. The van der Waals surface area contributed by atoms with E-state index in [9.17, 15) is 4.79 Å². The first-order valence-electron chi connectivity index (χ1n) is 5.28. The van der Waals surface area contributed by atoms with E-state index in [1.807, 2.05) is 13.8 Å². The molecule has 0 N–H and O–H groups in total. The minimum Gasteiger partial charge on any atom is -0.337 e. The fraction of sp³-hybridized carbons (Fsp3) is 0.500. The molecule has 1 heterocycles. The molecule has 0 spiro atoms. The van der Waals surface area contributed by atoms with Crippen LogP contribution < -0.4 is 0 Å². The maximum Gasteiger partial charge on any atom is 0.255 e. The van der Waals surface area contributed by atoms with Gasteiger partial charge in [-0.05, 0) is 32.4 Å². The molecule has 0 aliphatic rings. The lowest BCUT2D eigenvalue weighted by atomic mass is 9.99. The van der Waals surface area contributed by atoms with Gasteiger partial charge in [0.25, 0.3) is 5.91 Å². The molecule has 3 nitrogen and oxygen atoms in total. The van der Waals surface area contributed by atoms with Crippen LogP contribution in [0, 0.1) is 0 Å². The fourth-order valence-electron chi connectivity index (χ4n) is 1.21. The maximum absolute atomic E-state index is 12.1. The predicted molar refractivity (Wildman–Crippen MR) is 65.7 cm³/mol. The van der Waals surface area contributed by atoms with Gasteiger partial charge in [0.15, 0.2) is 0 Å². The molecule has 16 heavy (non-hydrogen) atoms. The van der Waals surface area contributed by atoms with Crippen LogP contribution in [0.3, 0.4) is 0 Å². The van der Waals surface area contributed by atoms with Gasteiger partial charge >= 0.3 is 0 Å². The predicted octanol–water partition coefficient (Wildman–Crippen LogP) is 3.00. The number of amides is 1. The third-order valence-electron chi connectivity index (χ3n) is 3.05. The van der Waals surface area contributed by atoms with Crippen LogP contribution in [0.1, 0.15) is 37.6 Å². The van der Waals surface area contributed by atoms with Crippen LogP contribution in [0.15, 0.2) is 18.3 Å². The van der Waals surface area contributed by atoms with Crippen LogP contribution in [0.4, 0.5) is 0 Å². The van der Waals surface area contributed by atoms with Crippen molar-refractivity contribution in [3.8, 4) is 0 Å². The van der Waals surface area contributed by atoms with E-state index in [-0.39, 0.29) is 11.4 Å². The normalized spacial score (nSPS) is 11.3. The van der Waals surface area contributed by atoms with Gasteiger partial charge in [-0.3, -0.25) is 4.79 Å². The highest BCUT2D eigenvalue weighted by Crippen LogP contribution is 2.19. The van der Waals surface area contributed by atoms with E-state index >= 15 is 0 Å². The summed E-state index contributed by atoms with van der Waals surface area (Å²) >= 11 is 5.68. The molecule has 0 unspecified atom stereocenters. The van der Waals surface area contributed by atoms with Crippen LogP contribution in [-0.4, -0.2) is 28.4 Å². The Morgan fingerprint density at radius 2 is 2.12 bits per heavy atom. The monoisotopic (exact) mass is 240 g/mol. The molecular formula is C12H17ClN2O. The fourth-order valence-corrected chi connectivity index (χ4v) is 1.32. The summed E-state index contributed by atoms with van der Waals surface area (Å²) < 4.78 is 0. The van der Waals surface area contributed by atoms with E-state index in [4.69, 9.17) is 11.6 Å². The molecule has 0 fully saturated rings. The van der Waals surface area contributed by atoms with E-state index in [0.29, 0.717) is 10.7 Å².